The van der Waals surface area contributed by atoms with Gasteiger partial charge in [0.15, 0.2) is 11.6 Å². The largest absolute Gasteiger partial charge is 0.340 e. The van der Waals surface area contributed by atoms with E-state index in [4.69, 9.17) is 0 Å². The van der Waals surface area contributed by atoms with Crippen LogP contribution in [0, 0.1) is 11.6 Å². The lowest BCUT2D eigenvalue weighted by Crippen LogP contribution is -2.28. The van der Waals surface area contributed by atoms with E-state index in [9.17, 15) is 13.6 Å². The number of benzene rings is 1. The Labute approximate surface area is 85.0 Å². The normalized spacial score (nSPS) is 10.3. The van der Waals surface area contributed by atoms with Crippen LogP contribution in [0.1, 0.15) is 5.56 Å². The smallest absolute Gasteiger partial charge is 0.334 e. The molecule has 0 radical (unpaired) electrons. The molecule has 0 atom stereocenters. The molecule has 0 bridgehead atoms. The first-order chi connectivity index (χ1) is 7.13. The highest BCUT2D eigenvalue weighted by atomic mass is 19.2. The summed E-state index contributed by atoms with van der Waals surface area (Å²) in [4.78, 5) is 10.7. The van der Waals surface area contributed by atoms with Gasteiger partial charge in [-0.15, -0.1) is 0 Å². The molecule has 0 unspecified atom stereocenters. The first kappa shape index (κ1) is 11.1. The Hall–Kier alpha value is -1.98. The second kappa shape index (κ2) is 5.04. The molecule has 2 N–H and O–H groups in total. The summed E-state index contributed by atoms with van der Waals surface area (Å²) in [6.07, 6.45) is 1.21. The van der Waals surface area contributed by atoms with Gasteiger partial charge >= 0.3 is 6.03 Å². The zero-order valence-corrected chi connectivity index (χ0v) is 7.92. The lowest BCUT2D eigenvalue weighted by Gasteiger charge is -1.97. The molecule has 6 heteroatoms. The lowest BCUT2D eigenvalue weighted by atomic mass is 10.2. The maximum atomic E-state index is 12.7. The molecule has 0 fully saturated rings. The average molecular weight is 213 g/mol. The SMILES string of the molecule is CNC(=O)N/N=C/c1ccc(F)c(F)c1. The van der Waals surface area contributed by atoms with Gasteiger partial charge in [0.05, 0.1) is 6.21 Å². The van der Waals surface area contributed by atoms with E-state index in [-0.39, 0.29) is 0 Å². The molecule has 2 amide bonds. The zero-order valence-electron chi connectivity index (χ0n) is 7.92. The van der Waals surface area contributed by atoms with E-state index < -0.39 is 17.7 Å². The summed E-state index contributed by atoms with van der Waals surface area (Å²) < 4.78 is 25.2. The van der Waals surface area contributed by atoms with Gasteiger partial charge < -0.3 is 5.32 Å². The number of rotatable bonds is 2. The van der Waals surface area contributed by atoms with Crippen molar-refractivity contribution in [3.8, 4) is 0 Å². The number of carbonyl (C=O) groups excluding carboxylic acids is 1. The van der Waals surface area contributed by atoms with Crippen LogP contribution in [-0.4, -0.2) is 19.3 Å². The molecule has 0 aliphatic rings. The molecule has 0 heterocycles. The van der Waals surface area contributed by atoms with Crippen molar-refractivity contribution < 1.29 is 13.6 Å². The molecule has 1 rings (SSSR count). The van der Waals surface area contributed by atoms with Gasteiger partial charge in [0.25, 0.3) is 0 Å². The third-order valence-electron chi connectivity index (χ3n) is 1.55. The monoisotopic (exact) mass is 213 g/mol. The fraction of sp³-hybridized carbons (Fsp3) is 0.111. The number of nitrogens with one attached hydrogen (secondary N) is 2. The Morgan fingerprint density at radius 3 is 2.73 bits per heavy atom. The molecule has 0 saturated heterocycles. The van der Waals surface area contributed by atoms with Crippen molar-refractivity contribution in [1.82, 2.24) is 10.7 Å². The quantitative estimate of drug-likeness (QED) is 0.563. The second-order valence-electron chi connectivity index (χ2n) is 2.62. The fourth-order valence-electron chi connectivity index (χ4n) is 0.814. The first-order valence-corrected chi connectivity index (χ1v) is 4.09. The fourth-order valence-corrected chi connectivity index (χ4v) is 0.814. The predicted octanol–water partition coefficient (Wildman–Crippen LogP) is 1.23. The van der Waals surface area contributed by atoms with E-state index in [1.165, 1.54) is 19.3 Å². The Kier molecular flexibility index (Phi) is 3.73. The van der Waals surface area contributed by atoms with Gasteiger partial charge in [-0.05, 0) is 17.7 Å². The van der Waals surface area contributed by atoms with Gasteiger partial charge in [-0.25, -0.2) is 19.0 Å². The molecule has 0 spiro atoms. The van der Waals surface area contributed by atoms with Crippen molar-refractivity contribution in [2.45, 2.75) is 0 Å². The maximum Gasteiger partial charge on any atom is 0.334 e. The Morgan fingerprint density at radius 1 is 1.40 bits per heavy atom. The maximum absolute atomic E-state index is 12.7. The summed E-state index contributed by atoms with van der Waals surface area (Å²) in [6.45, 7) is 0. The van der Waals surface area contributed by atoms with Crippen molar-refractivity contribution in [2.75, 3.05) is 7.05 Å². The van der Waals surface area contributed by atoms with Crippen LogP contribution < -0.4 is 10.7 Å². The third kappa shape index (κ3) is 3.34. The highest BCUT2D eigenvalue weighted by Gasteiger charge is 2.00. The van der Waals surface area contributed by atoms with E-state index in [0.29, 0.717) is 5.56 Å². The van der Waals surface area contributed by atoms with E-state index in [2.05, 4.69) is 15.8 Å². The van der Waals surface area contributed by atoms with Crippen LogP contribution in [0.3, 0.4) is 0 Å². The first-order valence-electron chi connectivity index (χ1n) is 4.09. The minimum Gasteiger partial charge on any atom is -0.340 e. The van der Waals surface area contributed by atoms with E-state index in [1.807, 2.05) is 0 Å². The average Bonchev–Trinajstić information content (AvgIpc) is 2.23. The number of amides is 2. The van der Waals surface area contributed by atoms with Crippen molar-refractivity contribution in [1.29, 1.82) is 0 Å². The molecule has 15 heavy (non-hydrogen) atoms. The van der Waals surface area contributed by atoms with Gasteiger partial charge in [-0.2, -0.15) is 5.10 Å². The summed E-state index contributed by atoms with van der Waals surface area (Å²) in [5.41, 5.74) is 2.47. The van der Waals surface area contributed by atoms with Gasteiger partial charge in [0.2, 0.25) is 0 Å². The Bertz CT molecular complexity index is 393. The van der Waals surface area contributed by atoms with Crippen LogP contribution in [0.15, 0.2) is 23.3 Å². The van der Waals surface area contributed by atoms with Crippen LogP contribution >= 0.6 is 0 Å². The van der Waals surface area contributed by atoms with Crippen molar-refractivity contribution in [2.24, 2.45) is 5.10 Å². The molecular formula is C9H9F2N3O. The van der Waals surface area contributed by atoms with Gasteiger partial charge in [0, 0.05) is 7.05 Å². The minimum atomic E-state index is -0.959. The van der Waals surface area contributed by atoms with Crippen LogP contribution in [0.25, 0.3) is 0 Å². The summed E-state index contributed by atoms with van der Waals surface area (Å²) in [5.74, 6) is -1.88. The number of nitrogens with zero attached hydrogens (tertiary/aromatic N) is 1. The number of hydrazone groups is 1. The van der Waals surface area contributed by atoms with Gasteiger partial charge in [-0.1, -0.05) is 6.07 Å². The minimum absolute atomic E-state index is 0.352. The number of hydrogen-bond acceptors (Lipinski definition) is 2. The van der Waals surface area contributed by atoms with E-state index in [0.717, 1.165) is 12.1 Å². The molecule has 4 nitrogen and oxygen atoms in total. The molecule has 1 aromatic carbocycles. The Balaban J connectivity index is 2.65. The van der Waals surface area contributed by atoms with Gasteiger partial charge in [0.1, 0.15) is 0 Å². The molecule has 80 valence electrons. The molecule has 0 aliphatic heterocycles. The number of hydrogen-bond donors (Lipinski definition) is 2. The summed E-state index contributed by atoms with van der Waals surface area (Å²) in [5, 5.41) is 5.78. The third-order valence-corrected chi connectivity index (χ3v) is 1.55. The summed E-state index contributed by atoms with van der Waals surface area (Å²) in [6, 6.07) is 2.81. The van der Waals surface area contributed by atoms with E-state index >= 15 is 0 Å². The van der Waals surface area contributed by atoms with Crippen molar-refractivity contribution in [3.05, 3.63) is 35.4 Å². The second-order valence-corrected chi connectivity index (χ2v) is 2.62. The zero-order chi connectivity index (χ0) is 11.3. The number of carbonyl (C=O) groups is 1. The molecule has 0 aromatic heterocycles. The molecular weight excluding hydrogens is 204 g/mol. The van der Waals surface area contributed by atoms with E-state index in [1.54, 1.807) is 0 Å². The van der Waals surface area contributed by atoms with Crippen LogP contribution in [0.2, 0.25) is 0 Å². The van der Waals surface area contributed by atoms with Crippen molar-refractivity contribution in [3.63, 3.8) is 0 Å². The highest BCUT2D eigenvalue weighted by Crippen LogP contribution is 2.06. The van der Waals surface area contributed by atoms with Crippen LogP contribution in [0.5, 0.6) is 0 Å². The number of urea groups is 1. The van der Waals surface area contributed by atoms with Crippen LogP contribution in [0.4, 0.5) is 13.6 Å². The molecule has 1 aromatic rings. The topological polar surface area (TPSA) is 53.5 Å². The molecule has 0 aliphatic carbocycles. The summed E-state index contributed by atoms with van der Waals surface area (Å²) >= 11 is 0. The lowest BCUT2D eigenvalue weighted by molar-refractivity contribution is 0.243. The number of halogens is 2. The highest BCUT2D eigenvalue weighted by molar-refractivity contribution is 5.81. The Morgan fingerprint density at radius 2 is 2.13 bits per heavy atom. The standard InChI is InChI=1S/C9H9F2N3O/c1-12-9(15)14-13-5-6-2-3-7(10)8(11)4-6/h2-5H,1H3,(H2,12,14,15)/b13-5+. The summed E-state index contributed by atoms with van der Waals surface area (Å²) in [7, 11) is 1.43. The molecule has 0 saturated carbocycles. The van der Waals surface area contributed by atoms with Crippen molar-refractivity contribution >= 4 is 12.2 Å². The van der Waals surface area contributed by atoms with Gasteiger partial charge in [-0.3, -0.25) is 0 Å². The van der Waals surface area contributed by atoms with Crippen LogP contribution in [-0.2, 0) is 0 Å². The predicted molar refractivity (Wildman–Crippen MR) is 51.5 cm³/mol.